The van der Waals surface area contributed by atoms with Crippen molar-refractivity contribution in [3.05, 3.63) is 16.8 Å². The zero-order valence-corrected chi connectivity index (χ0v) is 16.7. The first-order valence-corrected chi connectivity index (χ1v) is 11.9. The number of thiophene rings is 1. The molecule has 1 rings (SSSR count). The van der Waals surface area contributed by atoms with E-state index in [0.29, 0.717) is 0 Å². The Morgan fingerprint density at radius 3 is 1.84 bits per heavy atom. The summed E-state index contributed by atoms with van der Waals surface area (Å²) < 4.78 is 2.50. The van der Waals surface area contributed by atoms with Crippen molar-refractivity contribution >= 4 is 36.1 Å². The van der Waals surface area contributed by atoms with Crippen molar-refractivity contribution < 1.29 is 0 Å². The van der Waals surface area contributed by atoms with Crippen LogP contribution in [0.25, 0.3) is 0 Å². The molecule has 1 aromatic heterocycles. The summed E-state index contributed by atoms with van der Waals surface area (Å²) in [6, 6.07) is 2.41. The zero-order valence-electron chi connectivity index (χ0n) is 13.0. The van der Waals surface area contributed by atoms with Crippen LogP contribution in [0.2, 0.25) is 3.43 Å². The molecule has 0 aliphatic carbocycles. The standard InChI is InChI=1S/C13H27.C4H3S.Sn/c1-4-7-10-13(11-8-5-2)12-9-6-3;1-2-4-5-3-1;/h4-12H2,1-3H3;1,3-4H;. The van der Waals surface area contributed by atoms with E-state index < -0.39 is 21.1 Å². The summed E-state index contributed by atoms with van der Waals surface area (Å²) in [5, 5.41) is 4.71. The Morgan fingerprint density at radius 2 is 1.47 bits per heavy atom. The summed E-state index contributed by atoms with van der Waals surface area (Å²) in [6.07, 6.45) is 12.9. The van der Waals surface area contributed by atoms with E-state index in [1.165, 1.54) is 57.8 Å². The number of hydrogen-bond donors (Lipinski definition) is 0. The van der Waals surface area contributed by atoms with Gasteiger partial charge in [0.1, 0.15) is 0 Å². The van der Waals surface area contributed by atoms with Crippen LogP contribution in [0, 0.1) is 0 Å². The van der Waals surface area contributed by atoms with Crippen molar-refractivity contribution in [1.82, 2.24) is 0 Å². The van der Waals surface area contributed by atoms with Crippen LogP contribution in [0.4, 0.5) is 0 Å². The molecule has 1 aromatic rings. The topological polar surface area (TPSA) is 0 Å². The van der Waals surface area contributed by atoms with E-state index in [0.717, 1.165) is 3.43 Å². The number of unbranched alkanes of at least 4 members (excludes halogenated alkanes) is 3. The van der Waals surface area contributed by atoms with Crippen LogP contribution in [0.15, 0.2) is 16.8 Å². The zero-order chi connectivity index (χ0) is 14.0. The molecule has 0 aliphatic rings. The Kier molecular flexibility index (Phi) is 9.48. The molecule has 0 spiro atoms. The fraction of sp³-hybridized carbons (Fsp3) is 0.765. The van der Waals surface area contributed by atoms with Gasteiger partial charge in [-0.05, 0) is 0 Å². The van der Waals surface area contributed by atoms with Crippen LogP contribution < -0.4 is 3.58 Å². The molecule has 1 heterocycles. The second-order valence-electron chi connectivity index (χ2n) is 5.73. The Labute approximate surface area is 134 Å². The van der Waals surface area contributed by atoms with Gasteiger partial charge in [0, 0.05) is 0 Å². The van der Waals surface area contributed by atoms with Crippen molar-refractivity contribution in [2.75, 3.05) is 0 Å². The Hall–Kier alpha value is 0.499. The third kappa shape index (κ3) is 6.66. The van der Waals surface area contributed by atoms with Crippen LogP contribution in [0.5, 0.6) is 0 Å². The Balaban J connectivity index is 2.74. The van der Waals surface area contributed by atoms with E-state index in [2.05, 4.69) is 37.6 Å². The van der Waals surface area contributed by atoms with Crippen LogP contribution in [-0.2, 0) is 0 Å². The van der Waals surface area contributed by atoms with E-state index in [4.69, 9.17) is 0 Å². The second kappa shape index (κ2) is 10.3. The average Bonchev–Trinajstić information content (AvgIpc) is 2.93. The normalized spacial score (nSPS) is 11.9. The van der Waals surface area contributed by atoms with Gasteiger partial charge in [-0.2, -0.15) is 0 Å². The Bertz CT molecular complexity index is 283. The van der Waals surface area contributed by atoms with Gasteiger partial charge in [-0.3, -0.25) is 0 Å². The van der Waals surface area contributed by atoms with Crippen LogP contribution in [-0.4, -0.2) is 21.1 Å². The van der Waals surface area contributed by atoms with Gasteiger partial charge >= 0.3 is 135 Å². The molecule has 0 atom stereocenters. The summed E-state index contributed by atoms with van der Waals surface area (Å²) in [5.74, 6) is 0. The summed E-state index contributed by atoms with van der Waals surface area (Å²) >= 11 is 1.46. The van der Waals surface area contributed by atoms with Crippen LogP contribution in [0.1, 0.15) is 78.6 Å². The third-order valence-corrected chi connectivity index (χ3v) is 10.6. The molecule has 2 radical (unpaired) electrons. The molecule has 0 amide bonds. The summed E-state index contributed by atoms with van der Waals surface area (Å²) in [4.78, 5) is 0. The first kappa shape index (κ1) is 17.5. The summed E-state index contributed by atoms with van der Waals surface area (Å²) in [5.41, 5.74) is 0. The van der Waals surface area contributed by atoms with E-state index in [1.54, 1.807) is 3.58 Å². The van der Waals surface area contributed by atoms with Gasteiger partial charge < -0.3 is 0 Å². The molecule has 2 heteroatoms. The predicted octanol–water partition coefficient (Wildman–Crippen LogP) is 5.81. The van der Waals surface area contributed by atoms with Gasteiger partial charge in [-0.25, -0.2) is 0 Å². The molecule has 0 bridgehead atoms. The van der Waals surface area contributed by atoms with Gasteiger partial charge in [-0.15, -0.1) is 0 Å². The summed E-state index contributed by atoms with van der Waals surface area (Å²) in [6.45, 7) is 7.04. The molecule has 0 saturated heterocycles. The van der Waals surface area contributed by atoms with Crippen LogP contribution >= 0.6 is 11.3 Å². The minimum absolute atomic E-state index is 0.433. The SMILES string of the molecule is CCCC[C](CCCC)(CCCC)[Sn][c]1ccsc1. The van der Waals surface area contributed by atoms with E-state index in [-0.39, 0.29) is 0 Å². The minimum atomic E-state index is -0.433. The first-order valence-electron chi connectivity index (χ1n) is 8.06. The number of hydrogen-bond acceptors (Lipinski definition) is 1. The maximum atomic E-state index is 2.44. The van der Waals surface area contributed by atoms with Crippen molar-refractivity contribution in [1.29, 1.82) is 0 Å². The fourth-order valence-corrected chi connectivity index (χ4v) is 9.58. The molecule has 0 N–H and O–H groups in total. The average molecular weight is 385 g/mol. The Morgan fingerprint density at radius 1 is 0.947 bits per heavy atom. The van der Waals surface area contributed by atoms with Crippen molar-refractivity contribution in [2.45, 2.75) is 82.0 Å². The van der Waals surface area contributed by atoms with Gasteiger partial charge in [0.05, 0.1) is 0 Å². The molecule has 0 aromatic carbocycles. The van der Waals surface area contributed by atoms with Crippen molar-refractivity contribution in [2.24, 2.45) is 0 Å². The first-order chi connectivity index (χ1) is 9.26. The van der Waals surface area contributed by atoms with Crippen molar-refractivity contribution in [3.63, 3.8) is 0 Å². The molecule has 0 aliphatic heterocycles. The molecule has 0 nitrogen and oxygen atoms in total. The van der Waals surface area contributed by atoms with Gasteiger partial charge in [0.25, 0.3) is 0 Å². The fourth-order valence-electron chi connectivity index (χ4n) is 2.75. The quantitative estimate of drug-likeness (QED) is 0.422. The van der Waals surface area contributed by atoms with Crippen LogP contribution in [0.3, 0.4) is 0 Å². The van der Waals surface area contributed by atoms with Gasteiger partial charge in [-0.1, -0.05) is 0 Å². The maximum absolute atomic E-state index is 2.44. The predicted molar refractivity (Wildman–Crippen MR) is 91.0 cm³/mol. The number of rotatable bonds is 11. The van der Waals surface area contributed by atoms with E-state index in [9.17, 15) is 0 Å². The monoisotopic (exact) mass is 386 g/mol. The van der Waals surface area contributed by atoms with Gasteiger partial charge in [0.15, 0.2) is 0 Å². The van der Waals surface area contributed by atoms with E-state index >= 15 is 0 Å². The molecule has 0 unspecified atom stereocenters. The van der Waals surface area contributed by atoms with Crippen molar-refractivity contribution in [3.8, 4) is 0 Å². The molecule has 0 fully saturated rings. The second-order valence-corrected chi connectivity index (χ2v) is 11.9. The molecule has 108 valence electrons. The third-order valence-electron chi connectivity index (χ3n) is 3.96. The summed E-state index contributed by atoms with van der Waals surface area (Å²) in [7, 11) is 0. The van der Waals surface area contributed by atoms with E-state index in [1.807, 2.05) is 11.3 Å². The van der Waals surface area contributed by atoms with Gasteiger partial charge in [0.2, 0.25) is 0 Å². The molecule has 0 saturated carbocycles. The molecular formula is C17H30SSn. The molecule has 19 heavy (non-hydrogen) atoms. The molecular weight excluding hydrogens is 355 g/mol.